The normalized spacial score (nSPS) is 21.2. The number of ether oxygens (including phenoxy) is 1. The Kier molecular flexibility index (Phi) is 4.82. The van der Waals surface area contributed by atoms with Crippen molar-refractivity contribution < 1.29 is 28.9 Å². The molecule has 2 aliphatic rings. The lowest BCUT2D eigenvalue weighted by Gasteiger charge is -2.31. The fourth-order valence-corrected chi connectivity index (χ4v) is 3.42. The molecular weight excluding hydrogens is 373 g/mol. The molecule has 0 radical (unpaired) electrons. The molecule has 1 aromatic heterocycles. The van der Waals surface area contributed by atoms with Gasteiger partial charge in [0, 0.05) is 13.0 Å². The molecule has 2 heterocycles. The summed E-state index contributed by atoms with van der Waals surface area (Å²) in [7, 11) is 0. The third-order valence-electron chi connectivity index (χ3n) is 4.91. The number of oxime groups is 1. The third-order valence-corrected chi connectivity index (χ3v) is 4.91. The maximum absolute atomic E-state index is 13.4. The van der Waals surface area contributed by atoms with Gasteiger partial charge in [0.05, 0.1) is 12.6 Å². The van der Waals surface area contributed by atoms with E-state index in [0.717, 1.165) is 11.1 Å². The van der Waals surface area contributed by atoms with Crippen LogP contribution in [0.1, 0.15) is 29.3 Å². The minimum absolute atomic E-state index is 0.0161. The molecule has 0 unspecified atom stereocenters. The summed E-state index contributed by atoms with van der Waals surface area (Å²) in [6.07, 6.45) is 0.822. The minimum Gasteiger partial charge on any atom is -0.469 e. The molecule has 1 aliphatic carbocycles. The molecule has 0 saturated carbocycles. The van der Waals surface area contributed by atoms with E-state index in [1.54, 1.807) is 6.07 Å². The maximum atomic E-state index is 13.4. The molecule has 28 heavy (non-hydrogen) atoms. The van der Waals surface area contributed by atoms with Crippen LogP contribution in [-0.4, -0.2) is 63.1 Å². The van der Waals surface area contributed by atoms with Crippen LogP contribution >= 0.6 is 0 Å². The van der Waals surface area contributed by atoms with Crippen molar-refractivity contribution in [2.45, 2.75) is 25.0 Å². The second kappa shape index (κ2) is 7.43. The molecule has 4 rings (SSSR count). The van der Waals surface area contributed by atoms with E-state index in [9.17, 15) is 14.4 Å². The second-order valence-corrected chi connectivity index (χ2v) is 6.64. The van der Waals surface area contributed by atoms with Gasteiger partial charge in [-0.15, -0.1) is 0 Å². The first kappa shape index (κ1) is 18.2. The summed E-state index contributed by atoms with van der Waals surface area (Å²) in [5.74, 6) is -0.720. The summed E-state index contributed by atoms with van der Waals surface area (Å²) in [6.45, 7) is 0.187. The first-order valence-corrected chi connectivity index (χ1v) is 8.74. The molecule has 3 N–H and O–H groups in total. The fourth-order valence-electron chi connectivity index (χ4n) is 3.42. The first-order valence-electron chi connectivity index (χ1n) is 8.74. The summed E-state index contributed by atoms with van der Waals surface area (Å²) < 4.78 is 23.9. The van der Waals surface area contributed by atoms with Gasteiger partial charge in [-0.1, -0.05) is 11.2 Å². The van der Waals surface area contributed by atoms with Gasteiger partial charge in [0.1, 0.15) is 18.5 Å². The van der Waals surface area contributed by atoms with Gasteiger partial charge in [0.25, 0.3) is 5.88 Å². The summed E-state index contributed by atoms with van der Waals surface area (Å²) >= 11 is 0. The van der Waals surface area contributed by atoms with Crippen molar-refractivity contribution in [2.24, 2.45) is 5.16 Å². The van der Waals surface area contributed by atoms with Crippen LogP contribution in [-0.2, 0) is 11.2 Å². The predicted molar refractivity (Wildman–Crippen MR) is 91.3 cm³/mol. The predicted octanol–water partition coefficient (Wildman–Crippen LogP) is 0.203. The number of nitrogens with one attached hydrogen (secondary N) is 1. The molecule has 1 aromatic carbocycles. The highest BCUT2D eigenvalue weighted by Gasteiger charge is 2.32. The summed E-state index contributed by atoms with van der Waals surface area (Å²) in [5.41, 5.74) is 1.85. The van der Waals surface area contributed by atoms with Crippen LogP contribution in [0.3, 0.4) is 0 Å². The molecule has 2 aromatic rings. The van der Waals surface area contributed by atoms with Crippen molar-refractivity contribution in [3.05, 3.63) is 40.8 Å². The Morgan fingerprint density at radius 2 is 2.32 bits per heavy atom. The SMILES string of the molecule is O=C(CO)N1CC[C@@H](Oc2nonc2/C(=N/O)N[C@H]2Cc3ccc(F)cc32)C1. The van der Waals surface area contributed by atoms with Gasteiger partial charge in [-0.05, 0) is 40.0 Å². The van der Waals surface area contributed by atoms with E-state index >= 15 is 0 Å². The number of carbonyl (C=O) groups excluding carboxylic acids is 1. The molecule has 148 valence electrons. The van der Waals surface area contributed by atoms with Crippen LogP contribution in [0.2, 0.25) is 0 Å². The van der Waals surface area contributed by atoms with Gasteiger partial charge in [-0.25, -0.2) is 9.02 Å². The lowest BCUT2D eigenvalue weighted by Crippen LogP contribution is -2.37. The number of hydrogen-bond acceptors (Lipinski definition) is 8. The lowest BCUT2D eigenvalue weighted by atomic mass is 9.83. The number of amidine groups is 1. The average Bonchev–Trinajstić information content (AvgIpc) is 3.34. The van der Waals surface area contributed by atoms with Crippen LogP contribution in [0.15, 0.2) is 28.0 Å². The van der Waals surface area contributed by atoms with Gasteiger partial charge in [0.15, 0.2) is 0 Å². The Labute approximate surface area is 158 Å². The molecule has 1 saturated heterocycles. The van der Waals surface area contributed by atoms with E-state index in [1.807, 2.05) is 0 Å². The standard InChI is InChI=1S/C17H18FN5O5/c18-10-2-1-9-5-13(12(9)6-10)19-16(20-26)15-17(22-28-21-15)27-11-3-4-23(7-11)14(25)8-24/h1-2,6,11,13,24,26H,3-5,7-8H2,(H,19,20)/t11-,13+/m1/s1. The monoisotopic (exact) mass is 391 g/mol. The molecule has 1 aliphatic heterocycles. The highest BCUT2D eigenvalue weighted by atomic mass is 19.1. The van der Waals surface area contributed by atoms with Crippen LogP contribution in [0.25, 0.3) is 0 Å². The van der Waals surface area contributed by atoms with Crippen molar-refractivity contribution in [1.82, 2.24) is 20.5 Å². The lowest BCUT2D eigenvalue weighted by molar-refractivity contribution is -0.133. The van der Waals surface area contributed by atoms with Crippen LogP contribution in [0.4, 0.5) is 4.39 Å². The van der Waals surface area contributed by atoms with E-state index in [4.69, 9.17) is 14.5 Å². The number of aromatic nitrogens is 2. The highest BCUT2D eigenvalue weighted by Crippen LogP contribution is 2.34. The summed E-state index contributed by atoms with van der Waals surface area (Å²) in [4.78, 5) is 13.0. The number of rotatable bonds is 5. The van der Waals surface area contributed by atoms with Crippen molar-refractivity contribution >= 4 is 11.7 Å². The summed E-state index contributed by atoms with van der Waals surface area (Å²) in [6, 6.07) is 4.29. The Morgan fingerprint density at radius 3 is 3.11 bits per heavy atom. The number of carbonyl (C=O) groups is 1. The van der Waals surface area contributed by atoms with Crippen LogP contribution < -0.4 is 10.1 Å². The van der Waals surface area contributed by atoms with E-state index in [-0.39, 0.29) is 41.3 Å². The molecule has 10 nitrogen and oxygen atoms in total. The number of nitrogens with zero attached hydrogens (tertiary/aromatic N) is 4. The Bertz CT molecular complexity index is 917. The van der Waals surface area contributed by atoms with Gasteiger partial charge < -0.3 is 25.3 Å². The number of hydrogen-bond donors (Lipinski definition) is 3. The van der Waals surface area contributed by atoms with Crippen LogP contribution in [0.5, 0.6) is 5.88 Å². The van der Waals surface area contributed by atoms with Crippen LogP contribution in [0, 0.1) is 5.82 Å². The molecule has 0 bridgehead atoms. The zero-order valence-corrected chi connectivity index (χ0v) is 14.7. The van der Waals surface area contributed by atoms with Gasteiger partial charge in [0.2, 0.25) is 17.4 Å². The van der Waals surface area contributed by atoms with Crippen molar-refractivity contribution in [2.75, 3.05) is 19.7 Å². The number of likely N-dealkylation sites (tertiary alicyclic amines) is 1. The molecule has 0 spiro atoms. The van der Waals surface area contributed by atoms with Crippen molar-refractivity contribution in [3.8, 4) is 5.88 Å². The molecular formula is C17H18FN5O5. The second-order valence-electron chi connectivity index (χ2n) is 6.64. The van der Waals surface area contributed by atoms with Crippen molar-refractivity contribution in [3.63, 3.8) is 0 Å². The number of amides is 1. The number of fused-ring (bicyclic) bond motifs is 1. The average molecular weight is 391 g/mol. The Morgan fingerprint density at radius 1 is 1.46 bits per heavy atom. The Hall–Kier alpha value is -3.21. The molecule has 11 heteroatoms. The largest absolute Gasteiger partial charge is 0.469 e. The number of aliphatic hydroxyl groups excluding tert-OH is 1. The number of benzene rings is 1. The van der Waals surface area contributed by atoms with Gasteiger partial charge >= 0.3 is 0 Å². The van der Waals surface area contributed by atoms with E-state index in [2.05, 4.69) is 20.8 Å². The number of halogens is 1. The Balaban J connectivity index is 1.44. The molecule has 1 amide bonds. The highest BCUT2D eigenvalue weighted by molar-refractivity contribution is 5.98. The van der Waals surface area contributed by atoms with E-state index in [1.165, 1.54) is 17.0 Å². The topological polar surface area (TPSA) is 133 Å². The third kappa shape index (κ3) is 3.36. The minimum atomic E-state index is -0.557. The van der Waals surface area contributed by atoms with Crippen molar-refractivity contribution in [1.29, 1.82) is 0 Å². The van der Waals surface area contributed by atoms with Gasteiger partial charge in [-0.3, -0.25) is 4.79 Å². The maximum Gasteiger partial charge on any atom is 0.287 e. The zero-order valence-electron chi connectivity index (χ0n) is 14.7. The van der Waals surface area contributed by atoms with Gasteiger partial charge in [-0.2, -0.15) is 0 Å². The molecule has 1 fully saturated rings. The quantitative estimate of drug-likeness (QED) is 0.285. The number of aliphatic hydroxyl groups is 1. The smallest absolute Gasteiger partial charge is 0.287 e. The summed E-state index contributed by atoms with van der Waals surface area (Å²) in [5, 5.41) is 32.0. The first-order chi connectivity index (χ1) is 13.6. The fraction of sp³-hybridized carbons (Fsp3) is 0.412. The zero-order chi connectivity index (χ0) is 19.7. The molecule has 2 atom stereocenters. The van der Waals surface area contributed by atoms with E-state index < -0.39 is 6.61 Å². The van der Waals surface area contributed by atoms with E-state index in [0.29, 0.717) is 25.9 Å².